The quantitative estimate of drug-likeness (QED) is 0.761. The summed E-state index contributed by atoms with van der Waals surface area (Å²) in [5.74, 6) is 0.453. The average molecular weight is 218 g/mol. The van der Waals surface area contributed by atoms with Crippen molar-refractivity contribution in [3.05, 3.63) is 23.8 Å². The van der Waals surface area contributed by atoms with Crippen LogP contribution in [0.2, 0.25) is 0 Å². The summed E-state index contributed by atoms with van der Waals surface area (Å²) >= 11 is 0. The summed E-state index contributed by atoms with van der Waals surface area (Å²) in [6, 6.07) is 6.01. The Labute approximate surface area is 96.2 Å². The maximum absolute atomic E-state index is 11.8. The number of benzene rings is 1. The molecule has 1 aromatic carbocycles. The highest BCUT2D eigenvalue weighted by molar-refractivity contribution is 6.06. The van der Waals surface area contributed by atoms with Crippen molar-refractivity contribution in [2.75, 3.05) is 10.6 Å². The van der Waals surface area contributed by atoms with Gasteiger partial charge in [-0.15, -0.1) is 0 Å². The minimum atomic E-state index is -0.544. The van der Waals surface area contributed by atoms with E-state index >= 15 is 0 Å². The van der Waals surface area contributed by atoms with Gasteiger partial charge in [0.15, 0.2) is 0 Å². The number of rotatable bonds is 1. The molecule has 1 amide bonds. The molecule has 3 heteroatoms. The van der Waals surface area contributed by atoms with Crippen LogP contribution in [-0.4, -0.2) is 11.4 Å². The van der Waals surface area contributed by atoms with Crippen molar-refractivity contribution in [1.29, 1.82) is 0 Å². The van der Waals surface area contributed by atoms with Crippen LogP contribution in [-0.2, 0) is 4.79 Å². The average Bonchev–Trinajstić information content (AvgIpc) is 2.18. The monoisotopic (exact) mass is 218 g/mol. The molecule has 3 nitrogen and oxygen atoms in total. The molecule has 0 bridgehead atoms. The summed E-state index contributed by atoms with van der Waals surface area (Å²) in [5.41, 5.74) is 2.64. The van der Waals surface area contributed by atoms with Crippen LogP contribution in [0, 0.1) is 0 Å². The van der Waals surface area contributed by atoms with E-state index in [9.17, 15) is 4.79 Å². The van der Waals surface area contributed by atoms with Crippen LogP contribution in [0.4, 0.5) is 11.4 Å². The second kappa shape index (κ2) is 3.51. The maximum Gasteiger partial charge on any atom is 0.249 e. The van der Waals surface area contributed by atoms with Crippen molar-refractivity contribution in [3.63, 3.8) is 0 Å². The van der Waals surface area contributed by atoms with Crippen molar-refractivity contribution in [3.8, 4) is 0 Å². The van der Waals surface area contributed by atoms with E-state index in [1.54, 1.807) is 0 Å². The number of hydrogen-bond acceptors (Lipinski definition) is 2. The minimum Gasteiger partial charge on any atom is -0.370 e. The lowest BCUT2D eigenvalue weighted by atomic mass is 9.94. The smallest absolute Gasteiger partial charge is 0.249 e. The minimum absolute atomic E-state index is 0.0147. The van der Waals surface area contributed by atoms with Gasteiger partial charge < -0.3 is 10.6 Å². The molecule has 1 heterocycles. The highest BCUT2D eigenvalue weighted by atomic mass is 16.2. The van der Waals surface area contributed by atoms with Crippen LogP contribution in [0.25, 0.3) is 0 Å². The summed E-state index contributed by atoms with van der Waals surface area (Å²) in [5, 5.41) is 6.27. The van der Waals surface area contributed by atoms with Crippen LogP contribution in [0.1, 0.15) is 39.2 Å². The third-order valence-electron chi connectivity index (χ3n) is 2.97. The molecule has 0 saturated heterocycles. The molecule has 16 heavy (non-hydrogen) atoms. The highest BCUT2D eigenvalue weighted by Gasteiger charge is 2.33. The number of fused-ring (bicyclic) bond motifs is 1. The molecule has 2 rings (SSSR count). The Kier molecular flexibility index (Phi) is 2.41. The van der Waals surface area contributed by atoms with Gasteiger partial charge in [0, 0.05) is 0 Å². The zero-order valence-electron chi connectivity index (χ0n) is 10.2. The Morgan fingerprint density at radius 2 is 1.94 bits per heavy atom. The first-order valence-corrected chi connectivity index (χ1v) is 5.64. The molecule has 1 aliphatic rings. The predicted molar refractivity (Wildman–Crippen MR) is 66.9 cm³/mol. The number of nitrogens with one attached hydrogen (secondary N) is 2. The highest BCUT2D eigenvalue weighted by Crippen LogP contribution is 2.36. The van der Waals surface area contributed by atoms with Crippen molar-refractivity contribution in [2.24, 2.45) is 0 Å². The molecule has 2 N–H and O–H groups in total. The Balaban J connectivity index is 2.52. The first-order valence-electron chi connectivity index (χ1n) is 5.64. The first kappa shape index (κ1) is 11.0. The summed E-state index contributed by atoms with van der Waals surface area (Å²) in [6.07, 6.45) is 0. The van der Waals surface area contributed by atoms with Crippen molar-refractivity contribution < 1.29 is 4.79 Å². The molecule has 0 spiro atoms. The van der Waals surface area contributed by atoms with Gasteiger partial charge in [-0.25, -0.2) is 0 Å². The van der Waals surface area contributed by atoms with E-state index in [0.29, 0.717) is 5.92 Å². The topological polar surface area (TPSA) is 41.1 Å². The lowest BCUT2D eigenvalue weighted by Crippen LogP contribution is -2.47. The standard InChI is InChI=1S/C13H18N2O/c1-8(2)9-6-5-7-10-11(9)15-13(3,4)12(16)14-10/h5-8,15H,1-4H3,(H,14,16). The number of anilines is 2. The Morgan fingerprint density at radius 1 is 1.25 bits per heavy atom. The second-order valence-electron chi connectivity index (χ2n) is 5.13. The summed E-state index contributed by atoms with van der Waals surface area (Å²) in [6.45, 7) is 8.09. The fourth-order valence-electron chi connectivity index (χ4n) is 1.94. The van der Waals surface area contributed by atoms with Crippen molar-refractivity contribution in [2.45, 2.75) is 39.2 Å². The third kappa shape index (κ3) is 1.66. The molecule has 0 saturated carbocycles. The van der Waals surface area contributed by atoms with E-state index in [1.807, 2.05) is 26.0 Å². The van der Waals surface area contributed by atoms with Crippen molar-refractivity contribution in [1.82, 2.24) is 0 Å². The Hall–Kier alpha value is -1.51. The van der Waals surface area contributed by atoms with E-state index < -0.39 is 5.54 Å². The zero-order chi connectivity index (χ0) is 11.9. The molecule has 1 aliphatic heterocycles. The molecular weight excluding hydrogens is 200 g/mol. The molecule has 0 unspecified atom stereocenters. The Morgan fingerprint density at radius 3 is 2.56 bits per heavy atom. The van der Waals surface area contributed by atoms with Gasteiger partial charge in [0.25, 0.3) is 0 Å². The number of carbonyl (C=O) groups is 1. The van der Waals surface area contributed by atoms with Crippen LogP contribution >= 0.6 is 0 Å². The van der Waals surface area contributed by atoms with E-state index in [0.717, 1.165) is 11.4 Å². The third-order valence-corrected chi connectivity index (χ3v) is 2.97. The molecule has 1 aromatic rings. The van der Waals surface area contributed by atoms with E-state index in [4.69, 9.17) is 0 Å². The van der Waals surface area contributed by atoms with Crippen LogP contribution in [0.3, 0.4) is 0 Å². The lowest BCUT2D eigenvalue weighted by Gasteiger charge is -2.34. The van der Waals surface area contributed by atoms with Gasteiger partial charge in [0.2, 0.25) is 5.91 Å². The number of para-hydroxylation sites is 1. The second-order valence-corrected chi connectivity index (χ2v) is 5.13. The van der Waals surface area contributed by atoms with Gasteiger partial charge in [-0.05, 0) is 31.4 Å². The van der Waals surface area contributed by atoms with Gasteiger partial charge in [-0.1, -0.05) is 26.0 Å². The number of hydrogen-bond donors (Lipinski definition) is 2. The van der Waals surface area contributed by atoms with Crippen LogP contribution in [0.15, 0.2) is 18.2 Å². The van der Waals surface area contributed by atoms with Gasteiger partial charge in [-0.2, -0.15) is 0 Å². The SMILES string of the molecule is CC(C)c1cccc2c1NC(C)(C)C(=O)N2. The molecular formula is C13H18N2O. The molecule has 0 aliphatic carbocycles. The van der Waals surface area contributed by atoms with Gasteiger partial charge in [-0.3, -0.25) is 4.79 Å². The lowest BCUT2D eigenvalue weighted by molar-refractivity contribution is -0.119. The van der Waals surface area contributed by atoms with Gasteiger partial charge >= 0.3 is 0 Å². The first-order chi connectivity index (χ1) is 7.42. The largest absolute Gasteiger partial charge is 0.370 e. The normalized spacial score (nSPS) is 17.7. The van der Waals surface area contributed by atoms with Crippen LogP contribution in [0.5, 0.6) is 0 Å². The van der Waals surface area contributed by atoms with E-state index in [2.05, 4.69) is 30.5 Å². The van der Waals surface area contributed by atoms with Gasteiger partial charge in [0.05, 0.1) is 11.4 Å². The van der Waals surface area contributed by atoms with E-state index in [-0.39, 0.29) is 5.91 Å². The maximum atomic E-state index is 11.8. The Bertz CT molecular complexity index is 436. The molecule has 0 atom stereocenters. The molecule has 86 valence electrons. The summed E-state index contributed by atoms with van der Waals surface area (Å²) in [4.78, 5) is 11.8. The molecule has 0 radical (unpaired) electrons. The van der Waals surface area contributed by atoms with Crippen LogP contribution < -0.4 is 10.6 Å². The molecule has 0 aromatic heterocycles. The zero-order valence-corrected chi connectivity index (χ0v) is 10.2. The van der Waals surface area contributed by atoms with Crippen molar-refractivity contribution >= 4 is 17.3 Å². The summed E-state index contributed by atoms with van der Waals surface area (Å²) < 4.78 is 0. The fraction of sp³-hybridized carbons (Fsp3) is 0.462. The predicted octanol–water partition coefficient (Wildman–Crippen LogP) is 2.95. The fourth-order valence-corrected chi connectivity index (χ4v) is 1.94. The van der Waals surface area contributed by atoms with Gasteiger partial charge in [0.1, 0.15) is 5.54 Å². The number of amides is 1. The summed E-state index contributed by atoms with van der Waals surface area (Å²) in [7, 11) is 0. The van der Waals surface area contributed by atoms with E-state index in [1.165, 1.54) is 5.56 Å². The molecule has 0 fully saturated rings. The number of carbonyl (C=O) groups excluding carboxylic acids is 1.